The van der Waals surface area contributed by atoms with Crippen molar-refractivity contribution < 1.29 is 4.79 Å². The van der Waals surface area contributed by atoms with E-state index in [2.05, 4.69) is 27.4 Å². The van der Waals surface area contributed by atoms with Gasteiger partial charge < -0.3 is 0 Å². The first-order valence-corrected chi connectivity index (χ1v) is 8.33. The Hall–Kier alpha value is -0.490. The molecule has 0 aromatic carbocycles. The van der Waals surface area contributed by atoms with Crippen molar-refractivity contribution in [2.24, 2.45) is 0 Å². The first kappa shape index (κ1) is 11.6. The van der Waals surface area contributed by atoms with E-state index in [1.165, 1.54) is 9.40 Å². The molecular formula is C12H7BrOS3. The van der Waals surface area contributed by atoms with Gasteiger partial charge in [-0.3, -0.25) is 4.79 Å². The molecule has 0 aliphatic heterocycles. The average molecular weight is 343 g/mol. The fraction of sp³-hybridized carbons (Fsp3) is 0.0833. The molecule has 0 aliphatic rings. The third-order valence-electron chi connectivity index (χ3n) is 2.43. The summed E-state index contributed by atoms with van der Waals surface area (Å²) in [5.74, 6) is 0.210. The summed E-state index contributed by atoms with van der Waals surface area (Å²) >= 11 is 8.36. The van der Waals surface area contributed by atoms with Crippen LogP contribution < -0.4 is 0 Å². The zero-order valence-electron chi connectivity index (χ0n) is 8.60. The van der Waals surface area contributed by atoms with Gasteiger partial charge in [0.1, 0.15) is 0 Å². The smallest absolute Gasteiger partial charge is 0.178 e. The molecule has 0 N–H and O–H groups in total. The lowest BCUT2D eigenvalue weighted by molar-refractivity contribution is 0.0997. The highest BCUT2D eigenvalue weighted by Crippen LogP contribution is 2.31. The SMILES string of the molecule is O=C(Cc1sccc1Br)c1cc2sccc2s1. The summed E-state index contributed by atoms with van der Waals surface area (Å²) in [6, 6.07) is 6.07. The molecule has 0 atom stereocenters. The summed E-state index contributed by atoms with van der Waals surface area (Å²) in [6.45, 7) is 0. The van der Waals surface area contributed by atoms with Crippen LogP contribution >= 0.6 is 49.9 Å². The lowest BCUT2D eigenvalue weighted by Gasteiger charge is -1.96. The Morgan fingerprint density at radius 3 is 2.71 bits per heavy atom. The van der Waals surface area contributed by atoms with E-state index in [9.17, 15) is 4.79 Å². The Morgan fingerprint density at radius 1 is 1.18 bits per heavy atom. The molecule has 0 bridgehead atoms. The van der Waals surface area contributed by atoms with Crippen LogP contribution in [0.3, 0.4) is 0 Å². The minimum absolute atomic E-state index is 0.210. The highest BCUT2D eigenvalue weighted by molar-refractivity contribution is 9.10. The summed E-state index contributed by atoms with van der Waals surface area (Å²) in [6.07, 6.45) is 0.492. The van der Waals surface area contributed by atoms with Crippen LogP contribution in [-0.4, -0.2) is 5.78 Å². The minimum Gasteiger partial charge on any atom is -0.293 e. The van der Waals surface area contributed by atoms with Crippen LogP contribution in [0.15, 0.2) is 33.4 Å². The molecule has 3 aromatic heterocycles. The van der Waals surface area contributed by atoms with E-state index in [4.69, 9.17) is 0 Å². The molecule has 1 nitrogen and oxygen atoms in total. The van der Waals surface area contributed by atoms with Gasteiger partial charge in [-0.1, -0.05) is 0 Å². The van der Waals surface area contributed by atoms with Crippen molar-refractivity contribution in [1.29, 1.82) is 0 Å². The van der Waals surface area contributed by atoms with Gasteiger partial charge in [-0.25, -0.2) is 0 Å². The Labute approximate surface area is 119 Å². The second kappa shape index (κ2) is 4.65. The van der Waals surface area contributed by atoms with Gasteiger partial charge in [-0.05, 0) is 44.9 Å². The normalized spacial score (nSPS) is 11.1. The van der Waals surface area contributed by atoms with E-state index in [0.717, 1.165) is 14.2 Å². The quantitative estimate of drug-likeness (QED) is 0.597. The van der Waals surface area contributed by atoms with Crippen LogP contribution in [0.1, 0.15) is 14.5 Å². The van der Waals surface area contributed by atoms with Crippen molar-refractivity contribution in [3.05, 3.63) is 43.2 Å². The number of carbonyl (C=O) groups is 1. The van der Waals surface area contributed by atoms with E-state index in [-0.39, 0.29) is 5.78 Å². The topological polar surface area (TPSA) is 17.1 Å². The molecule has 0 radical (unpaired) electrons. The lowest BCUT2D eigenvalue weighted by atomic mass is 10.2. The first-order valence-electron chi connectivity index (χ1n) is 4.96. The highest BCUT2D eigenvalue weighted by atomic mass is 79.9. The van der Waals surface area contributed by atoms with Gasteiger partial charge >= 0.3 is 0 Å². The second-order valence-corrected chi connectivity index (χ2v) is 7.44. The van der Waals surface area contributed by atoms with Crippen molar-refractivity contribution >= 4 is 65.1 Å². The molecule has 3 rings (SSSR count). The summed E-state index contributed by atoms with van der Waals surface area (Å²) in [4.78, 5) is 14.1. The van der Waals surface area contributed by atoms with Gasteiger partial charge in [0.2, 0.25) is 0 Å². The number of carbonyl (C=O) groups excluding carboxylic acids is 1. The summed E-state index contributed by atoms with van der Waals surface area (Å²) in [7, 11) is 0. The van der Waals surface area contributed by atoms with Crippen LogP contribution in [0.5, 0.6) is 0 Å². The minimum atomic E-state index is 0.210. The Balaban J connectivity index is 1.87. The molecule has 0 fully saturated rings. The standard InChI is InChI=1S/C12H7BrOS3/c13-7-1-3-15-10(7)5-8(14)11-6-12-9(17-11)2-4-16-12/h1-4,6H,5H2. The number of hydrogen-bond donors (Lipinski definition) is 0. The van der Waals surface area contributed by atoms with Gasteiger partial charge in [-0.2, -0.15) is 0 Å². The molecule has 17 heavy (non-hydrogen) atoms. The fourth-order valence-electron chi connectivity index (χ4n) is 1.59. The van der Waals surface area contributed by atoms with E-state index in [1.807, 2.05) is 17.5 Å². The maximum Gasteiger partial charge on any atom is 0.178 e. The van der Waals surface area contributed by atoms with E-state index < -0.39 is 0 Å². The van der Waals surface area contributed by atoms with Crippen molar-refractivity contribution in [1.82, 2.24) is 0 Å². The molecule has 3 aromatic rings. The third kappa shape index (κ3) is 2.25. The number of thiophene rings is 3. The largest absolute Gasteiger partial charge is 0.293 e. The van der Waals surface area contributed by atoms with Crippen LogP contribution in [-0.2, 0) is 6.42 Å². The third-order valence-corrected chi connectivity index (χ3v) is 6.49. The molecule has 0 aliphatic carbocycles. The number of fused-ring (bicyclic) bond motifs is 1. The molecule has 3 heterocycles. The van der Waals surface area contributed by atoms with Gasteiger partial charge in [0, 0.05) is 25.2 Å². The molecule has 5 heteroatoms. The number of hydrogen-bond acceptors (Lipinski definition) is 4. The van der Waals surface area contributed by atoms with Crippen LogP contribution in [0, 0.1) is 0 Å². The number of ketones is 1. The second-order valence-electron chi connectivity index (χ2n) is 3.55. The van der Waals surface area contributed by atoms with Crippen molar-refractivity contribution in [2.45, 2.75) is 6.42 Å². The van der Waals surface area contributed by atoms with E-state index >= 15 is 0 Å². The maximum absolute atomic E-state index is 12.1. The predicted octanol–water partition coefficient (Wildman–Crippen LogP) is 5.21. The lowest BCUT2D eigenvalue weighted by Crippen LogP contribution is -1.99. The van der Waals surface area contributed by atoms with Gasteiger partial charge in [-0.15, -0.1) is 34.0 Å². The molecule has 0 amide bonds. The zero-order valence-corrected chi connectivity index (χ0v) is 12.6. The van der Waals surface area contributed by atoms with Crippen LogP contribution in [0.2, 0.25) is 0 Å². The van der Waals surface area contributed by atoms with Crippen molar-refractivity contribution in [3.63, 3.8) is 0 Å². The first-order chi connectivity index (χ1) is 8.24. The monoisotopic (exact) mass is 342 g/mol. The molecule has 86 valence electrons. The molecule has 0 saturated carbocycles. The molecular weight excluding hydrogens is 336 g/mol. The molecule has 0 spiro atoms. The molecule has 0 unspecified atom stereocenters. The zero-order chi connectivity index (χ0) is 11.8. The average Bonchev–Trinajstić information content (AvgIpc) is 2.93. The van der Waals surface area contributed by atoms with Crippen molar-refractivity contribution in [3.8, 4) is 0 Å². The van der Waals surface area contributed by atoms with E-state index in [0.29, 0.717) is 6.42 Å². The van der Waals surface area contributed by atoms with Crippen LogP contribution in [0.25, 0.3) is 9.40 Å². The summed E-state index contributed by atoms with van der Waals surface area (Å²) < 4.78 is 3.46. The van der Waals surface area contributed by atoms with Gasteiger partial charge in [0.25, 0.3) is 0 Å². The maximum atomic E-state index is 12.1. The summed E-state index contributed by atoms with van der Waals surface area (Å²) in [5.41, 5.74) is 0. The van der Waals surface area contributed by atoms with E-state index in [1.54, 1.807) is 34.0 Å². The number of rotatable bonds is 3. The number of halogens is 1. The molecule has 0 saturated heterocycles. The van der Waals surface area contributed by atoms with Crippen LogP contribution in [0.4, 0.5) is 0 Å². The fourth-order valence-corrected chi connectivity index (χ4v) is 5.12. The van der Waals surface area contributed by atoms with Gasteiger partial charge in [0.15, 0.2) is 5.78 Å². The Kier molecular flexibility index (Phi) is 3.17. The Bertz CT molecular complexity index is 648. The van der Waals surface area contributed by atoms with Gasteiger partial charge in [0.05, 0.1) is 4.88 Å². The predicted molar refractivity (Wildman–Crippen MR) is 79.8 cm³/mol. The summed E-state index contributed by atoms with van der Waals surface area (Å²) in [5, 5.41) is 4.06. The Morgan fingerprint density at radius 2 is 2.00 bits per heavy atom. The number of Topliss-reactive ketones (excluding diaryl/α,β-unsaturated/α-hetero) is 1. The van der Waals surface area contributed by atoms with Crippen molar-refractivity contribution in [2.75, 3.05) is 0 Å². The highest BCUT2D eigenvalue weighted by Gasteiger charge is 2.13.